The lowest BCUT2D eigenvalue weighted by atomic mass is 9.82. The van der Waals surface area contributed by atoms with Crippen LogP contribution in [0.5, 0.6) is 0 Å². The predicted molar refractivity (Wildman–Crippen MR) is 76.6 cm³/mol. The molecule has 1 heterocycles. The zero-order chi connectivity index (χ0) is 15.9. The summed E-state index contributed by atoms with van der Waals surface area (Å²) in [5.74, 6) is -0.445. The van der Waals surface area contributed by atoms with Crippen molar-refractivity contribution in [2.24, 2.45) is 0 Å². The Hall–Kier alpha value is -2.43. The summed E-state index contributed by atoms with van der Waals surface area (Å²) >= 11 is 0. The average molecular weight is 302 g/mol. The van der Waals surface area contributed by atoms with E-state index in [0.29, 0.717) is 29.7 Å². The van der Waals surface area contributed by atoms with E-state index in [-0.39, 0.29) is 23.3 Å². The van der Waals surface area contributed by atoms with E-state index in [4.69, 9.17) is 4.42 Å². The molecule has 1 aliphatic rings. The molecular weight excluding hydrogens is 287 g/mol. The van der Waals surface area contributed by atoms with Crippen LogP contribution in [0.4, 0.5) is 4.39 Å². The molecule has 2 aromatic rings. The Labute approximate surface area is 126 Å². The van der Waals surface area contributed by atoms with E-state index in [1.54, 1.807) is 19.1 Å². The number of carbonyl (C=O) groups is 2. The van der Waals surface area contributed by atoms with Gasteiger partial charge >= 0.3 is 5.97 Å². The minimum Gasteiger partial charge on any atom is -0.463 e. The first-order valence-corrected chi connectivity index (χ1v) is 7.00. The van der Waals surface area contributed by atoms with Gasteiger partial charge in [0.05, 0.1) is 12.7 Å². The van der Waals surface area contributed by atoms with Crippen molar-refractivity contribution >= 4 is 11.8 Å². The van der Waals surface area contributed by atoms with Crippen molar-refractivity contribution in [2.45, 2.75) is 25.7 Å². The van der Waals surface area contributed by atoms with Gasteiger partial charge in [-0.15, -0.1) is 0 Å². The molecule has 0 unspecified atom stereocenters. The molecule has 0 spiro atoms. The summed E-state index contributed by atoms with van der Waals surface area (Å²) < 4.78 is 23.3. The molecule has 114 valence electrons. The Morgan fingerprint density at radius 3 is 2.59 bits per heavy atom. The number of ketones is 1. The molecular formula is C17H15FO4. The van der Waals surface area contributed by atoms with Crippen molar-refractivity contribution in [1.29, 1.82) is 0 Å². The quantitative estimate of drug-likeness (QED) is 0.798. The molecule has 1 aromatic heterocycles. The maximum absolute atomic E-state index is 13.0. The van der Waals surface area contributed by atoms with Gasteiger partial charge < -0.3 is 9.15 Å². The predicted octanol–water partition coefficient (Wildman–Crippen LogP) is 3.43. The number of halogens is 1. The normalized spacial score (nSPS) is 17.2. The summed E-state index contributed by atoms with van der Waals surface area (Å²) in [4.78, 5) is 24.1. The van der Waals surface area contributed by atoms with Gasteiger partial charge in [-0.2, -0.15) is 0 Å². The molecule has 0 fully saturated rings. The Bertz CT molecular complexity index is 743. The van der Waals surface area contributed by atoms with E-state index in [9.17, 15) is 14.0 Å². The SMILES string of the molecule is COC(=O)c1oc2c(c1C)C(=O)C[C@H](c1ccc(F)cc1)C2. The molecule has 1 aliphatic carbocycles. The molecule has 1 atom stereocenters. The lowest BCUT2D eigenvalue weighted by Crippen LogP contribution is -2.18. The summed E-state index contributed by atoms with van der Waals surface area (Å²) in [6.45, 7) is 1.69. The molecule has 0 amide bonds. The number of ether oxygens (including phenoxy) is 1. The minimum absolute atomic E-state index is 0.0630. The smallest absolute Gasteiger partial charge is 0.374 e. The summed E-state index contributed by atoms with van der Waals surface area (Å²) in [6.07, 6.45) is 0.824. The van der Waals surface area contributed by atoms with Crippen molar-refractivity contribution in [3.63, 3.8) is 0 Å². The van der Waals surface area contributed by atoms with Crippen LogP contribution in [0.15, 0.2) is 28.7 Å². The number of methoxy groups -OCH3 is 1. The van der Waals surface area contributed by atoms with Gasteiger partial charge in [0.1, 0.15) is 11.6 Å². The third kappa shape index (κ3) is 2.32. The van der Waals surface area contributed by atoms with Crippen LogP contribution in [-0.2, 0) is 11.2 Å². The van der Waals surface area contributed by atoms with Gasteiger partial charge in [-0.3, -0.25) is 4.79 Å². The molecule has 0 radical (unpaired) electrons. The molecule has 22 heavy (non-hydrogen) atoms. The Kier molecular flexibility index (Phi) is 3.56. The van der Waals surface area contributed by atoms with E-state index in [2.05, 4.69) is 4.74 Å². The fourth-order valence-electron chi connectivity index (χ4n) is 2.96. The van der Waals surface area contributed by atoms with Crippen LogP contribution in [0.3, 0.4) is 0 Å². The number of hydrogen-bond donors (Lipinski definition) is 0. The molecule has 0 saturated heterocycles. The van der Waals surface area contributed by atoms with Gasteiger partial charge in [0.2, 0.25) is 5.76 Å². The maximum Gasteiger partial charge on any atom is 0.374 e. The zero-order valence-corrected chi connectivity index (χ0v) is 12.3. The van der Waals surface area contributed by atoms with Gasteiger partial charge in [-0.25, -0.2) is 9.18 Å². The molecule has 0 aliphatic heterocycles. The molecule has 1 aromatic carbocycles. The van der Waals surface area contributed by atoms with Gasteiger partial charge in [0.15, 0.2) is 5.78 Å². The molecule has 5 heteroatoms. The number of Topliss-reactive ketones (excluding diaryl/α,β-unsaturated/α-hetero) is 1. The van der Waals surface area contributed by atoms with Crippen molar-refractivity contribution in [3.8, 4) is 0 Å². The van der Waals surface area contributed by atoms with Crippen molar-refractivity contribution in [2.75, 3.05) is 7.11 Å². The van der Waals surface area contributed by atoms with E-state index in [0.717, 1.165) is 5.56 Å². The largest absolute Gasteiger partial charge is 0.463 e. The molecule has 0 N–H and O–H groups in total. The maximum atomic E-state index is 13.0. The second-order valence-electron chi connectivity index (χ2n) is 5.43. The average Bonchev–Trinajstić information content (AvgIpc) is 2.84. The van der Waals surface area contributed by atoms with E-state index < -0.39 is 5.97 Å². The number of esters is 1. The monoisotopic (exact) mass is 302 g/mol. The highest BCUT2D eigenvalue weighted by Gasteiger charge is 2.34. The first-order valence-electron chi connectivity index (χ1n) is 7.00. The first-order chi connectivity index (χ1) is 10.5. The lowest BCUT2D eigenvalue weighted by molar-refractivity contribution is 0.0561. The highest BCUT2D eigenvalue weighted by Crippen LogP contribution is 2.36. The highest BCUT2D eigenvalue weighted by atomic mass is 19.1. The molecule has 4 nitrogen and oxygen atoms in total. The molecule has 0 saturated carbocycles. The number of rotatable bonds is 2. The lowest BCUT2D eigenvalue weighted by Gasteiger charge is -2.20. The summed E-state index contributed by atoms with van der Waals surface area (Å²) in [5.41, 5.74) is 1.90. The minimum atomic E-state index is -0.585. The highest BCUT2D eigenvalue weighted by molar-refractivity contribution is 6.03. The van der Waals surface area contributed by atoms with Crippen molar-refractivity contribution in [1.82, 2.24) is 0 Å². The Balaban J connectivity index is 1.97. The van der Waals surface area contributed by atoms with Crippen LogP contribution in [0.25, 0.3) is 0 Å². The van der Waals surface area contributed by atoms with E-state index >= 15 is 0 Å². The number of fused-ring (bicyclic) bond motifs is 1. The summed E-state index contributed by atoms with van der Waals surface area (Å²) in [6, 6.07) is 6.11. The topological polar surface area (TPSA) is 56.5 Å². The van der Waals surface area contributed by atoms with E-state index in [1.807, 2.05) is 0 Å². The molecule has 3 rings (SSSR count). The standard InChI is InChI=1S/C17H15FO4/c1-9-15-13(19)7-11(10-3-5-12(18)6-4-10)8-14(15)22-16(9)17(20)21-2/h3-6,11H,7-8H2,1-2H3/t11-/m0/s1. The number of hydrogen-bond acceptors (Lipinski definition) is 4. The first kappa shape index (κ1) is 14.5. The number of benzene rings is 1. The van der Waals surface area contributed by atoms with Crippen LogP contribution < -0.4 is 0 Å². The zero-order valence-electron chi connectivity index (χ0n) is 12.3. The Morgan fingerprint density at radius 1 is 1.27 bits per heavy atom. The van der Waals surface area contributed by atoms with Gasteiger partial charge in [-0.1, -0.05) is 12.1 Å². The number of carbonyl (C=O) groups excluding carboxylic acids is 2. The molecule has 0 bridgehead atoms. The van der Waals surface area contributed by atoms with Crippen LogP contribution in [-0.4, -0.2) is 18.9 Å². The summed E-state index contributed by atoms with van der Waals surface area (Å²) in [5, 5.41) is 0. The van der Waals surface area contributed by atoms with Gasteiger partial charge in [-0.05, 0) is 30.5 Å². The number of furan rings is 1. The fraction of sp³-hybridized carbons (Fsp3) is 0.294. The fourth-order valence-corrected chi connectivity index (χ4v) is 2.96. The Morgan fingerprint density at radius 2 is 1.95 bits per heavy atom. The van der Waals surface area contributed by atoms with Crippen molar-refractivity contribution < 1.29 is 23.1 Å². The summed E-state index contributed by atoms with van der Waals surface area (Å²) in [7, 11) is 1.27. The van der Waals surface area contributed by atoms with Crippen LogP contribution >= 0.6 is 0 Å². The second kappa shape index (κ2) is 5.40. The van der Waals surface area contributed by atoms with Crippen molar-refractivity contribution in [3.05, 3.63) is 58.3 Å². The van der Waals surface area contributed by atoms with Crippen LogP contribution in [0.2, 0.25) is 0 Å². The van der Waals surface area contributed by atoms with Crippen LogP contribution in [0.1, 0.15) is 50.1 Å². The van der Waals surface area contributed by atoms with Crippen LogP contribution in [0, 0.1) is 12.7 Å². The van der Waals surface area contributed by atoms with Gasteiger partial charge in [0, 0.05) is 18.4 Å². The van der Waals surface area contributed by atoms with Gasteiger partial charge in [0.25, 0.3) is 0 Å². The third-order valence-corrected chi connectivity index (χ3v) is 4.07. The van der Waals surface area contributed by atoms with E-state index in [1.165, 1.54) is 19.2 Å². The second-order valence-corrected chi connectivity index (χ2v) is 5.43. The third-order valence-electron chi connectivity index (χ3n) is 4.07.